The Morgan fingerprint density at radius 1 is 1.10 bits per heavy atom. The van der Waals surface area contributed by atoms with Gasteiger partial charge in [-0.3, -0.25) is 4.79 Å². The number of Topliss-reactive ketones (excluding diaryl/α,β-unsaturated/α-hetero) is 1. The fourth-order valence-electron chi connectivity index (χ4n) is 1.79. The molecule has 0 aromatic heterocycles. The Balaban J connectivity index is 1.90. The third-order valence-corrected chi connectivity index (χ3v) is 3.35. The van der Waals surface area contributed by atoms with Gasteiger partial charge in [-0.05, 0) is 29.8 Å². The van der Waals surface area contributed by atoms with E-state index in [2.05, 4.69) is 15.9 Å². The van der Waals surface area contributed by atoms with Crippen LogP contribution >= 0.6 is 15.9 Å². The second kappa shape index (κ2) is 7.22. The second-order valence-electron chi connectivity index (χ2n) is 4.24. The van der Waals surface area contributed by atoms with Gasteiger partial charge in [-0.25, -0.2) is 0 Å². The average molecular weight is 335 g/mol. The number of ketones is 1. The number of para-hydroxylation sites is 1. The number of ether oxygens (including phenoxy) is 2. The van der Waals surface area contributed by atoms with E-state index in [0.717, 1.165) is 10.0 Å². The number of hydrogen-bond acceptors (Lipinski definition) is 3. The molecule has 0 heterocycles. The number of hydrogen-bond donors (Lipinski definition) is 0. The molecule has 0 fully saturated rings. The molecule has 0 saturated carbocycles. The van der Waals surface area contributed by atoms with Crippen molar-refractivity contribution in [3.05, 3.63) is 64.1 Å². The zero-order valence-corrected chi connectivity index (χ0v) is 12.7. The molecule has 0 unspecified atom stereocenters. The first kappa shape index (κ1) is 14.8. The van der Waals surface area contributed by atoms with Crippen molar-refractivity contribution in [1.82, 2.24) is 0 Å². The molecule has 0 atom stereocenters. The topological polar surface area (TPSA) is 35.5 Å². The van der Waals surface area contributed by atoms with Gasteiger partial charge in [0.05, 0.1) is 19.3 Å². The number of carbonyl (C=O) groups is 1. The highest BCUT2D eigenvalue weighted by Crippen LogP contribution is 2.18. The van der Waals surface area contributed by atoms with E-state index in [9.17, 15) is 4.79 Å². The molecule has 0 radical (unpaired) electrons. The Morgan fingerprint density at radius 2 is 1.80 bits per heavy atom. The minimum atomic E-state index is -0.0837. The smallest absolute Gasteiger partial charge is 0.192 e. The molecule has 0 amide bonds. The summed E-state index contributed by atoms with van der Waals surface area (Å²) in [5.41, 5.74) is 1.58. The number of methoxy groups -OCH3 is 1. The third-order valence-electron chi connectivity index (χ3n) is 2.82. The summed E-state index contributed by atoms with van der Waals surface area (Å²) >= 11 is 3.37. The lowest BCUT2D eigenvalue weighted by molar-refractivity contribution is 0.0724. The molecule has 2 rings (SSSR count). The largest absolute Gasteiger partial charge is 0.496 e. The van der Waals surface area contributed by atoms with Crippen molar-refractivity contribution < 1.29 is 14.3 Å². The Morgan fingerprint density at radius 3 is 2.50 bits per heavy atom. The van der Waals surface area contributed by atoms with Crippen molar-refractivity contribution in [3.63, 3.8) is 0 Å². The van der Waals surface area contributed by atoms with Crippen LogP contribution in [0.3, 0.4) is 0 Å². The molecular formula is C16H15BrO3. The van der Waals surface area contributed by atoms with E-state index in [0.29, 0.717) is 17.9 Å². The van der Waals surface area contributed by atoms with E-state index in [4.69, 9.17) is 9.47 Å². The number of halogens is 1. The van der Waals surface area contributed by atoms with Gasteiger partial charge in [-0.1, -0.05) is 40.2 Å². The van der Waals surface area contributed by atoms with E-state index in [1.165, 1.54) is 0 Å². The zero-order chi connectivity index (χ0) is 14.4. The van der Waals surface area contributed by atoms with Gasteiger partial charge in [0.25, 0.3) is 0 Å². The van der Waals surface area contributed by atoms with Crippen molar-refractivity contribution in [2.75, 3.05) is 13.7 Å². The molecule has 2 aromatic rings. The van der Waals surface area contributed by atoms with E-state index < -0.39 is 0 Å². The monoisotopic (exact) mass is 334 g/mol. The standard InChI is InChI=1S/C16H15BrO3/c1-19-16-5-3-2-4-14(16)15(18)11-20-10-12-6-8-13(17)9-7-12/h2-9H,10-11H2,1H3. The van der Waals surface area contributed by atoms with Crippen LogP contribution < -0.4 is 4.74 Å². The lowest BCUT2D eigenvalue weighted by Crippen LogP contribution is -2.10. The van der Waals surface area contributed by atoms with E-state index in [-0.39, 0.29) is 12.4 Å². The summed E-state index contributed by atoms with van der Waals surface area (Å²) in [5, 5.41) is 0. The second-order valence-corrected chi connectivity index (χ2v) is 5.16. The first-order valence-electron chi connectivity index (χ1n) is 6.19. The van der Waals surface area contributed by atoms with Crippen LogP contribution in [0, 0.1) is 0 Å². The maximum atomic E-state index is 12.1. The van der Waals surface area contributed by atoms with Gasteiger partial charge >= 0.3 is 0 Å². The van der Waals surface area contributed by atoms with Crippen molar-refractivity contribution in [1.29, 1.82) is 0 Å². The Bertz CT molecular complexity index is 579. The predicted octanol–water partition coefficient (Wildman–Crippen LogP) is 3.86. The highest BCUT2D eigenvalue weighted by Gasteiger charge is 2.11. The fourth-order valence-corrected chi connectivity index (χ4v) is 2.06. The summed E-state index contributed by atoms with van der Waals surface area (Å²) in [6.45, 7) is 0.449. The first-order chi connectivity index (χ1) is 9.70. The molecule has 20 heavy (non-hydrogen) atoms. The third kappa shape index (κ3) is 3.92. The molecule has 0 N–H and O–H groups in total. The quantitative estimate of drug-likeness (QED) is 0.752. The molecule has 0 aliphatic carbocycles. The first-order valence-corrected chi connectivity index (χ1v) is 6.98. The van der Waals surface area contributed by atoms with Crippen molar-refractivity contribution in [2.45, 2.75) is 6.61 Å². The van der Waals surface area contributed by atoms with Gasteiger partial charge in [0.2, 0.25) is 0 Å². The predicted molar refractivity (Wildman–Crippen MR) is 81.1 cm³/mol. The van der Waals surface area contributed by atoms with Crippen LogP contribution in [0.4, 0.5) is 0 Å². The van der Waals surface area contributed by atoms with Gasteiger partial charge in [0.1, 0.15) is 12.4 Å². The molecule has 0 aliphatic rings. The SMILES string of the molecule is COc1ccccc1C(=O)COCc1ccc(Br)cc1. The number of carbonyl (C=O) groups excluding carboxylic acids is 1. The Hall–Kier alpha value is -1.65. The summed E-state index contributed by atoms with van der Waals surface area (Å²) in [6, 6.07) is 15.0. The van der Waals surface area contributed by atoms with Gasteiger partial charge in [-0.2, -0.15) is 0 Å². The molecule has 0 spiro atoms. The summed E-state index contributed by atoms with van der Waals surface area (Å²) in [4.78, 5) is 12.1. The maximum absolute atomic E-state index is 12.1. The number of rotatable bonds is 6. The molecule has 0 saturated heterocycles. The summed E-state index contributed by atoms with van der Waals surface area (Å²) in [6.07, 6.45) is 0. The highest BCUT2D eigenvalue weighted by molar-refractivity contribution is 9.10. The van der Waals surface area contributed by atoms with E-state index in [1.807, 2.05) is 36.4 Å². The number of benzene rings is 2. The van der Waals surface area contributed by atoms with Gasteiger partial charge in [0.15, 0.2) is 5.78 Å². The molecule has 4 heteroatoms. The Kier molecular flexibility index (Phi) is 5.32. The van der Waals surface area contributed by atoms with Crippen LogP contribution in [-0.2, 0) is 11.3 Å². The van der Waals surface area contributed by atoms with Crippen LogP contribution in [0.15, 0.2) is 53.0 Å². The average Bonchev–Trinajstić information content (AvgIpc) is 2.49. The van der Waals surface area contributed by atoms with Crippen LogP contribution in [-0.4, -0.2) is 19.5 Å². The molecular weight excluding hydrogens is 320 g/mol. The van der Waals surface area contributed by atoms with E-state index in [1.54, 1.807) is 19.2 Å². The summed E-state index contributed by atoms with van der Waals surface area (Å²) in [5.74, 6) is 0.490. The van der Waals surface area contributed by atoms with Crippen LogP contribution in [0.25, 0.3) is 0 Å². The van der Waals surface area contributed by atoms with Crippen LogP contribution in [0.2, 0.25) is 0 Å². The fraction of sp³-hybridized carbons (Fsp3) is 0.188. The molecule has 3 nitrogen and oxygen atoms in total. The molecule has 2 aromatic carbocycles. The van der Waals surface area contributed by atoms with Crippen LogP contribution in [0.5, 0.6) is 5.75 Å². The minimum Gasteiger partial charge on any atom is -0.496 e. The summed E-state index contributed by atoms with van der Waals surface area (Å²) in [7, 11) is 1.55. The van der Waals surface area contributed by atoms with E-state index >= 15 is 0 Å². The zero-order valence-electron chi connectivity index (χ0n) is 11.1. The van der Waals surface area contributed by atoms with Gasteiger partial charge < -0.3 is 9.47 Å². The van der Waals surface area contributed by atoms with Crippen LogP contribution in [0.1, 0.15) is 15.9 Å². The van der Waals surface area contributed by atoms with Gasteiger partial charge in [0, 0.05) is 4.47 Å². The minimum absolute atomic E-state index is 0.0381. The van der Waals surface area contributed by atoms with Crippen molar-refractivity contribution in [3.8, 4) is 5.75 Å². The Labute approximate surface area is 126 Å². The van der Waals surface area contributed by atoms with Crippen molar-refractivity contribution >= 4 is 21.7 Å². The highest BCUT2D eigenvalue weighted by atomic mass is 79.9. The normalized spacial score (nSPS) is 10.3. The lowest BCUT2D eigenvalue weighted by Gasteiger charge is -2.08. The van der Waals surface area contributed by atoms with Gasteiger partial charge in [-0.15, -0.1) is 0 Å². The maximum Gasteiger partial charge on any atom is 0.192 e. The molecule has 104 valence electrons. The lowest BCUT2D eigenvalue weighted by atomic mass is 10.1. The summed E-state index contributed by atoms with van der Waals surface area (Å²) < 4.78 is 11.6. The van der Waals surface area contributed by atoms with Crippen molar-refractivity contribution in [2.24, 2.45) is 0 Å². The molecule has 0 aliphatic heterocycles. The molecule has 0 bridgehead atoms.